The molecule has 1 N–H and O–H groups in total. The molecule has 2 rings (SSSR count). The molecule has 0 bridgehead atoms. The van der Waals surface area contributed by atoms with Crippen LogP contribution in [0.15, 0.2) is 24.3 Å². The molecule has 25 heavy (non-hydrogen) atoms. The minimum Gasteiger partial charge on any atom is -0.497 e. The maximum Gasteiger partial charge on any atom is 0.163 e. The lowest BCUT2D eigenvalue weighted by Crippen LogP contribution is -2.29. The maximum absolute atomic E-state index is 9.27. The largest absolute Gasteiger partial charge is 0.497 e. The second-order valence-corrected chi connectivity index (χ2v) is 7.03. The first-order chi connectivity index (χ1) is 12.0. The second kappa shape index (κ2) is 9.53. The molecular weight excluding hydrogens is 320 g/mol. The first-order valence-electron chi connectivity index (χ1n) is 9.18. The van der Waals surface area contributed by atoms with E-state index in [0.29, 0.717) is 13.0 Å². The Kier molecular flexibility index (Phi) is 7.69. The summed E-state index contributed by atoms with van der Waals surface area (Å²) < 4.78 is 23.3. The third-order valence-electron chi connectivity index (χ3n) is 4.45. The third-order valence-corrected chi connectivity index (χ3v) is 4.45. The van der Waals surface area contributed by atoms with Gasteiger partial charge in [-0.05, 0) is 44.4 Å². The van der Waals surface area contributed by atoms with Crippen molar-refractivity contribution in [1.29, 1.82) is 0 Å². The Morgan fingerprint density at radius 2 is 1.84 bits per heavy atom. The van der Waals surface area contributed by atoms with Crippen molar-refractivity contribution in [2.75, 3.05) is 13.7 Å². The molecule has 1 aliphatic heterocycles. The van der Waals surface area contributed by atoms with Crippen LogP contribution in [0.2, 0.25) is 0 Å². The monoisotopic (exact) mass is 352 g/mol. The van der Waals surface area contributed by atoms with Gasteiger partial charge >= 0.3 is 0 Å². The quantitative estimate of drug-likeness (QED) is 0.696. The van der Waals surface area contributed by atoms with Gasteiger partial charge in [0.25, 0.3) is 0 Å². The first-order valence-corrected chi connectivity index (χ1v) is 9.18. The Morgan fingerprint density at radius 3 is 2.44 bits per heavy atom. The molecule has 1 aromatic rings. The molecule has 1 aliphatic rings. The summed E-state index contributed by atoms with van der Waals surface area (Å²) in [5.74, 6) is 0.247. The summed E-state index contributed by atoms with van der Waals surface area (Å²) in [4.78, 5) is 0. The SMILES string of the molecule is CCC[C@H](C[C@H]1OC(C)(C)O[C@@H]1CCO)OCc1ccc(OC)cc1. The molecule has 3 atom stereocenters. The van der Waals surface area contributed by atoms with E-state index >= 15 is 0 Å². The Balaban J connectivity index is 1.92. The van der Waals surface area contributed by atoms with E-state index in [1.807, 2.05) is 38.1 Å². The van der Waals surface area contributed by atoms with Gasteiger partial charge in [0, 0.05) is 13.0 Å². The van der Waals surface area contributed by atoms with E-state index in [9.17, 15) is 5.11 Å². The smallest absolute Gasteiger partial charge is 0.163 e. The summed E-state index contributed by atoms with van der Waals surface area (Å²) in [6.07, 6.45) is 3.37. The molecule has 0 unspecified atom stereocenters. The Labute approximate surface area is 151 Å². The fourth-order valence-corrected chi connectivity index (χ4v) is 3.27. The van der Waals surface area contributed by atoms with Crippen molar-refractivity contribution >= 4 is 0 Å². The van der Waals surface area contributed by atoms with Gasteiger partial charge in [-0.25, -0.2) is 0 Å². The second-order valence-electron chi connectivity index (χ2n) is 7.03. The van der Waals surface area contributed by atoms with Gasteiger partial charge in [-0.1, -0.05) is 25.5 Å². The zero-order valence-electron chi connectivity index (χ0n) is 15.9. The molecule has 5 heteroatoms. The zero-order valence-corrected chi connectivity index (χ0v) is 15.9. The van der Waals surface area contributed by atoms with E-state index in [4.69, 9.17) is 18.9 Å². The number of aliphatic hydroxyl groups excluding tert-OH is 1. The maximum atomic E-state index is 9.27. The highest BCUT2D eigenvalue weighted by molar-refractivity contribution is 5.26. The first kappa shape index (κ1) is 20.2. The lowest BCUT2D eigenvalue weighted by molar-refractivity contribution is -0.150. The molecule has 1 aromatic carbocycles. The number of ether oxygens (including phenoxy) is 4. The van der Waals surface area contributed by atoms with E-state index < -0.39 is 5.79 Å². The molecule has 0 radical (unpaired) electrons. The lowest BCUT2D eigenvalue weighted by Gasteiger charge is -2.23. The van der Waals surface area contributed by atoms with Gasteiger partial charge < -0.3 is 24.1 Å². The summed E-state index contributed by atoms with van der Waals surface area (Å²) in [7, 11) is 1.66. The molecule has 0 aliphatic carbocycles. The number of aliphatic hydroxyl groups is 1. The number of hydrogen-bond acceptors (Lipinski definition) is 5. The fraction of sp³-hybridized carbons (Fsp3) is 0.700. The van der Waals surface area contributed by atoms with Crippen LogP contribution >= 0.6 is 0 Å². The molecule has 0 amide bonds. The van der Waals surface area contributed by atoms with Crippen LogP contribution in [0.25, 0.3) is 0 Å². The van der Waals surface area contributed by atoms with Crippen LogP contribution < -0.4 is 4.74 Å². The number of hydrogen-bond donors (Lipinski definition) is 1. The number of methoxy groups -OCH3 is 1. The topological polar surface area (TPSA) is 57.2 Å². The van der Waals surface area contributed by atoms with Crippen molar-refractivity contribution in [3.05, 3.63) is 29.8 Å². The van der Waals surface area contributed by atoms with Crippen molar-refractivity contribution in [2.24, 2.45) is 0 Å². The minimum absolute atomic E-state index is 0.0467. The van der Waals surface area contributed by atoms with Gasteiger partial charge in [0.05, 0.1) is 32.0 Å². The van der Waals surface area contributed by atoms with Gasteiger partial charge in [-0.15, -0.1) is 0 Å². The summed E-state index contributed by atoms with van der Waals surface area (Å²) in [6, 6.07) is 7.94. The average molecular weight is 352 g/mol. The van der Waals surface area contributed by atoms with Crippen LogP contribution in [-0.2, 0) is 20.8 Å². The van der Waals surface area contributed by atoms with Crippen molar-refractivity contribution in [1.82, 2.24) is 0 Å². The van der Waals surface area contributed by atoms with E-state index in [0.717, 1.165) is 30.6 Å². The summed E-state index contributed by atoms with van der Waals surface area (Å²) in [5.41, 5.74) is 1.12. The van der Waals surface area contributed by atoms with E-state index in [1.54, 1.807) is 7.11 Å². The molecule has 1 heterocycles. The van der Waals surface area contributed by atoms with Crippen LogP contribution in [0, 0.1) is 0 Å². The van der Waals surface area contributed by atoms with E-state index in [2.05, 4.69) is 6.92 Å². The average Bonchev–Trinajstić information content (AvgIpc) is 2.87. The normalized spacial score (nSPS) is 23.6. The highest BCUT2D eigenvalue weighted by atomic mass is 16.8. The van der Waals surface area contributed by atoms with Crippen molar-refractivity contribution < 1.29 is 24.1 Å². The van der Waals surface area contributed by atoms with Crippen molar-refractivity contribution in [3.63, 3.8) is 0 Å². The fourth-order valence-electron chi connectivity index (χ4n) is 3.27. The summed E-state index contributed by atoms with van der Waals surface area (Å²) >= 11 is 0. The van der Waals surface area contributed by atoms with Crippen LogP contribution in [0.3, 0.4) is 0 Å². The number of rotatable bonds is 10. The highest BCUT2D eigenvalue weighted by Gasteiger charge is 2.41. The lowest BCUT2D eigenvalue weighted by atomic mass is 10.0. The van der Waals surface area contributed by atoms with E-state index in [1.165, 1.54) is 0 Å². The summed E-state index contributed by atoms with van der Waals surface area (Å²) in [5, 5.41) is 9.27. The number of benzene rings is 1. The third kappa shape index (κ3) is 6.26. The Bertz CT molecular complexity index is 499. The predicted molar refractivity (Wildman–Crippen MR) is 96.6 cm³/mol. The van der Waals surface area contributed by atoms with Gasteiger partial charge in [-0.3, -0.25) is 0 Å². The predicted octanol–water partition coefficient (Wildman–Crippen LogP) is 3.67. The van der Waals surface area contributed by atoms with Gasteiger partial charge in [-0.2, -0.15) is 0 Å². The molecule has 0 aromatic heterocycles. The Hall–Kier alpha value is -1.14. The molecule has 5 nitrogen and oxygen atoms in total. The molecule has 0 spiro atoms. The van der Waals surface area contributed by atoms with Gasteiger partial charge in [0.2, 0.25) is 0 Å². The highest BCUT2D eigenvalue weighted by Crippen LogP contribution is 2.33. The molecule has 0 saturated carbocycles. The minimum atomic E-state index is -0.600. The van der Waals surface area contributed by atoms with Crippen molar-refractivity contribution in [2.45, 2.75) is 77.2 Å². The van der Waals surface area contributed by atoms with Crippen LogP contribution in [0.5, 0.6) is 5.75 Å². The van der Waals surface area contributed by atoms with Crippen LogP contribution in [0.4, 0.5) is 0 Å². The zero-order chi connectivity index (χ0) is 18.3. The van der Waals surface area contributed by atoms with Gasteiger partial charge in [0.1, 0.15) is 5.75 Å². The molecule has 142 valence electrons. The van der Waals surface area contributed by atoms with E-state index in [-0.39, 0.29) is 24.9 Å². The van der Waals surface area contributed by atoms with Crippen molar-refractivity contribution in [3.8, 4) is 5.75 Å². The molecule has 1 fully saturated rings. The van der Waals surface area contributed by atoms with Crippen LogP contribution in [0.1, 0.15) is 52.0 Å². The standard InChI is InChI=1S/C20H32O5/c1-5-6-17(23-14-15-7-9-16(22-4)10-8-15)13-19-18(11-12-21)24-20(2,3)25-19/h7-10,17-19,21H,5-6,11-14H2,1-4H3/t17-,18-,19-/m1/s1. The van der Waals surface area contributed by atoms with Gasteiger partial charge in [0.15, 0.2) is 5.79 Å². The molecular formula is C20H32O5. The van der Waals surface area contributed by atoms with Crippen LogP contribution in [-0.4, -0.2) is 42.9 Å². The Morgan fingerprint density at radius 1 is 1.16 bits per heavy atom. The molecule has 1 saturated heterocycles. The summed E-state index contributed by atoms with van der Waals surface area (Å²) in [6.45, 7) is 6.67.